The Kier molecular flexibility index (Phi) is 6.42. The normalized spacial score (nSPS) is 21.5. The molecule has 0 aromatic heterocycles. The summed E-state index contributed by atoms with van der Waals surface area (Å²) in [4.78, 5) is 0.117. The Morgan fingerprint density at radius 3 is 2.36 bits per heavy atom. The summed E-state index contributed by atoms with van der Waals surface area (Å²) in [6, 6.07) is 15.4. The maximum absolute atomic E-state index is 13.0. The van der Waals surface area contributed by atoms with E-state index in [-0.39, 0.29) is 16.4 Å². The standard InChI is InChI=1S/C20H25NO5S2/c1-26-17-9-11-18(12-10-17)28(24,25)20-15-27(22,23)14-19(20)21-13-5-8-16-6-3-2-4-7-16/h2-4,6-7,9-12,19-21H,5,8,13-15H2,1H3. The van der Waals surface area contributed by atoms with Crippen molar-refractivity contribution in [2.45, 2.75) is 29.0 Å². The van der Waals surface area contributed by atoms with Crippen LogP contribution in [0.3, 0.4) is 0 Å². The fourth-order valence-electron chi connectivity index (χ4n) is 3.48. The highest BCUT2D eigenvalue weighted by atomic mass is 32.2. The van der Waals surface area contributed by atoms with Gasteiger partial charge in [-0.15, -0.1) is 0 Å². The Morgan fingerprint density at radius 1 is 1.04 bits per heavy atom. The van der Waals surface area contributed by atoms with Gasteiger partial charge in [0.25, 0.3) is 0 Å². The number of methoxy groups -OCH3 is 1. The lowest BCUT2D eigenvalue weighted by molar-refractivity contribution is 0.414. The second-order valence-corrected chi connectivity index (χ2v) is 11.3. The Hall–Kier alpha value is -1.90. The third kappa shape index (κ3) is 4.92. The molecule has 0 aliphatic carbocycles. The van der Waals surface area contributed by atoms with Crippen LogP contribution in [0.25, 0.3) is 0 Å². The molecule has 0 spiro atoms. The molecule has 2 atom stereocenters. The van der Waals surface area contributed by atoms with Gasteiger partial charge >= 0.3 is 0 Å². The molecule has 0 saturated carbocycles. The SMILES string of the molecule is COc1ccc(S(=O)(=O)C2CS(=O)(=O)CC2NCCCc2ccccc2)cc1. The zero-order chi connectivity index (χ0) is 20.2. The van der Waals surface area contributed by atoms with E-state index >= 15 is 0 Å². The number of hydrogen-bond acceptors (Lipinski definition) is 6. The minimum absolute atomic E-state index is 0.117. The van der Waals surface area contributed by atoms with Gasteiger partial charge in [0.2, 0.25) is 0 Å². The van der Waals surface area contributed by atoms with Gasteiger partial charge in [-0.2, -0.15) is 0 Å². The number of nitrogens with one attached hydrogen (secondary N) is 1. The molecular weight excluding hydrogens is 398 g/mol. The summed E-state index contributed by atoms with van der Waals surface area (Å²) in [6.45, 7) is 0.559. The lowest BCUT2D eigenvalue weighted by Gasteiger charge is -2.20. The first kappa shape index (κ1) is 20.8. The first-order chi connectivity index (χ1) is 13.3. The molecule has 8 heteroatoms. The number of benzene rings is 2. The van der Waals surface area contributed by atoms with E-state index in [2.05, 4.69) is 5.32 Å². The molecule has 2 aromatic carbocycles. The average Bonchev–Trinajstić information content (AvgIpc) is 3.01. The number of ether oxygens (including phenoxy) is 1. The predicted molar refractivity (Wildman–Crippen MR) is 109 cm³/mol. The number of hydrogen-bond donors (Lipinski definition) is 1. The van der Waals surface area contributed by atoms with Gasteiger partial charge in [-0.3, -0.25) is 0 Å². The summed E-state index contributed by atoms with van der Waals surface area (Å²) in [5, 5.41) is 2.19. The Balaban J connectivity index is 1.68. The fourth-order valence-corrected chi connectivity index (χ4v) is 8.19. The summed E-state index contributed by atoms with van der Waals surface area (Å²) >= 11 is 0. The van der Waals surface area contributed by atoms with Gasteiger partial charge in [-0.25, -0.2) is 16.8 Å². The van der Waals surface area contributed by atoms with Crippen LogP contribution in [0.15, 0.2) is 59.5 Å². The average molecular weight is 424 g/mol. The smallest absolute Gasteiger partial charge is 0.183 e. The molecule has 0 radical (unpaired) electrons. The van der Waals surface area contributed by atoms with Crippen molar-refractivity contribution in [3.63, 3.8) is 0 Å². The zero-order valence-electron chi connectivity index (χ0n) is 15.7. The van der Waals surface area contributed by atoms with Gasteiger partial charge in [0.15, 0.2) is 19.7 Å². The van der Waals surface area contributed by atoms with Crippen molar-refractivity contribution in [1.82, 2.24) is 5.32 Å². The molecular formula is C20H25NO5S2. The van der Waals surface area contributed by atoms with E-state index in [1.165, 1.54) is 24.8 Å². The third-order valence-electron chi connectivity index (χ3n) is 4.98. The summed E-state index contributed by atoms with van der Waals surface area (Å²) < 4.78 is 55.5. The summed E-state index contributed by atoms with van der Waals surface area (Å²) in [6.07, 6.45) is 1.65. The molecule has 0 bridgehead atoms. The zero-order valence-corrected chi connectivity index (χ0v) is 17.4. The number of aryl methyl sites for hydroxylation is 1. The van der Waals surface area contributed by atoms with Gasteiger partial charge < -0.3 is 10.1 Å². The van der Waals surface area contributed by atoms with Crippen LogP contribution in [-0.4, -0.2) is 53.3 Å². The third-order valence-corrected chi connectivity index (χ3v) is 9.15. The van der Waals surface area contributed by atoms with Gasteiger partial charge in [0, 0.05) is 6.04 Å². The van der Waals surface area contributed by atoms with Gasteiger partial charge in [0.1, 0.15) is 5.75 Å². The monoisotopic (exact) mass is 423 g/mol. The first-order valence-electron chi connectivity index (χ1n) is 9.17. The van der Waals surface area contributed by atoms with Crippen molar-refractivity contribution in [3.05, 3.63) is 60.2 Å². The van der Waals surface area contributed by atoms with Gasteiger partial charge in [0.05, 0.1) is 28.8 Å². The fraction of sp³-hybridized carbons (Fsp3) is 0.400. The van der Waals surface area contributed by atoms with E-state index in [1.54, 1.807) is 12.1 Å². The number of rotatable bonds is 8. The molecule has 152 valence electrons. The molecule has 2 aromatic rings. The molecule has 1 N–H and O–H groups in total. The topological polar surface area (TPSA) is 89.5 Å². The molecule has 6 nitrogen and oxygen atoms in total. The maximum Gasteiger partial charge on any atom is 0.183 e. The van der Waals surface area contributed by atoms with Crippen LogP contribution in [0.5, 0.6) is 5.75 Å². The summed E-state index contributed by atoms with van der Waals surface area (Å²) in [5.74, 6) is 0.0457. The van der Waals surface area contributed by atoms with Crippen LogP contribution in [0.2, 0.25) is 0 Å². The van der Waals surface area contributed by atoms with Gasteiger partial charge in [-0.05, 0) is 49.2 Å². The van der Waals surface area contributed by atoms with Crippen LogP contribution in [0.4, 0.5) is 0 Å². The minimum Gasteiger partial charge on any atom is -0.497 e. The lowest BCUT2D eigenvalue weighted by Crippen LogP contribution is -2.43. The lowest BCUT2D eigenvalue weighted by atomic mass is 10.1. The molecule has 0 amide bonds. The van der Waals surface area contributed by atoms with Crippen LogP contribution in [-0.2, 0) is 26.1 Å². The van der Waals surface area contributed by atoms with Crippen molar-refractivity contribution in [3.8, 4) is 5.75 Å². The quantitative estimate of drug-likeness (QED) is 0.652. The van der Waals surface area contributed by atoms with E-state index in [0.717, 1.165) is 12.8 Å². The summed E-state index contributed by atoms with van der Waals surface area (Å²) in [7, 11) is -5.67. The predicted octanol–water partition coefficient (Wildman–Crippen LogP) is 1.86. The Labute approximate surface area is 166 Å². The molecule has 1 fully saturated rings. The minimum atomic E-state index is -3.77. The van der Waals surface area contributed by atoms with Crippen molar-refractivity contribution in [2.75, 3.05) is 25.2 Å². The highest BCUT2D eigenvalue weighted by Gasteiger charge is 2.45. The summed E-state index contributed by atoms with van der Waals surface area (Å²) in [5.41, 5.74) is 1.20. The van der Waals surface area contributed by atoms with Crippen LogP contribution in [0, 0.1) is 0 Å². The van der Waals surface area contributed by atoms with E-state index in [4.69, 9.17) is 4.74 Å². The Morgan fingerprint density at radius 2 is 1.71 bits per heavy atom. The largest absolute Gasteiger partial charge is 0.497 e. The van der Waals surface area contributed by atoms with Crippen molar-refractivity contribution < 1.29 is 21.6 Å². The van der Waals surface area contributed by atoms with Crippen LogP contribution in [0.1, 0.15) is 12.0 Å². The number of sulfone groups is 2. The molecule has 3 rings (SSSR count). The molecule has 1 aliphatic rings. The highest BCUT2D eigenvalue weighted by molar-refractivity contribution is 7.96. The second kappa shape index (κ2) is 8.63. The van der Waals surface area contributed by atoms with Crippen molar-refractivity contribution in [2.24, 2.45) is 0 Å². The van der Waals surface area contributed by atoms with E-state index in [1.807, 2.05) is 30.3 Å². The van der Waals surface area contributed by atoms with Crippen molar-refractivity contribution in [1.29, 1.82) is 0 Å². The molecule has 1 aliphatic heterocycles. The molecule has 1 saturated heterocycles. The second-order valence-electron chi connectivity index (χ2n) is 6.99. The maximum atomic E-state index is 13.0. The van der Waals surface area contributed by atoms with E-state index in [0.29, 0.717) is 12.3 Å². The van der Waals surface area contributed by atoms with Gasteiger partial charge in [-0.1, -0.05) is 30.3 Å². The Bertz CT molecular complexity index is 987. The van der Waals surface area contributed by atoms with Crippen molar-refractivity contribution >= 4 is 19.7 Å². The molecule has 1 heterocycles. The first-order valence-corrected chi connectivity index (χ1v) is 12.5. The van der Waals surface area contributed by atoms with Crippen LogP contribution < -0.4 is 10.1 Å². The molecule has 2 unspecified atom stereocenters. The highest BCUT2D eigenvalue weighted by Crippen LogP contribution is 2.27. The van der Waals surface area contributed by atoms with Crippen LogP contribution >= 0.6 is 0 Å². The molecule has 28 heavy (non-hydrogen) atoms. The van der Waals surface area contributed by atoms with E-state index < -0.39 is 31.0 Å². The van der Waals surface area contributed by atoms with E-state index in [9.17, 15) is 16.8 Å².